The maximum Gasteiger partial charge on any atom is 0.326 e. The van der Waals surface area contributed by atoms with Gasteiger partial charge in [-0.2, -0.15) is 0 Å². The topological polar surface area (TPSA) is 76.4 Å². The molecule has 0 unspecified atom stereocenters. The standard InChI is InChI=1S/C17H14ClNO4/c1-9(20)13-4-2-11(18)8-14(13)10-6-12-3-5-15(17(22)23)19(12)16(21)7-10/h2,4,6-8,15H,3,5H2,1H3,(H,22,23)/t15-/m0/s1. The highest BCUT2D eigenvalue weighted by Crippen LogP contribution is 2.31. The number of carboxylic acid groups (broad SMARTS) is 1. The summed E-state index contributed by atoms with van der Waals surface area (Å²) < 4.78 is 1.31. The van der Waals surface area contributed by atoms with Crippen LogP contribution >= 0.6 is 11.6 Å². The smallest absolute Gasteiger partial charge is 0.326 e. The minimum Gasteiger partial charge on any atom is -0.480 e. The lowest BCUT2D eigenvalue weighted by atomic mass is 9.97. The van der Waals surface area contributed by atoms with Crippen molar-refractivity contribution >= 4 is 23.4 Å². The molecule has 0 radical (unpaired) electrons. The monoisotopic (exact) mass is 331 g/mol. The van der Waals surface area contributed by atoms with Gasteiger partial charge in [0.2, 0.25) is 0 Å². The molecule has 1 aliphatic rings. The predicted octanol–water partition coefficient (Wildman–Crippen LogP) is 2.94. The maximum atomic E-state index is 12.4. The molecule has 1 aromatic heterocycles. The van der Waals surface area contributed by atoms with E-state index in [4.69, 9.17) is 11.6 Å². The SMILES string of the molecule is CC(=O)c1ccc(Cl)cc1-c1cc2n(c(=O)c1)[C@H](C(=O)O)CC2. The fraction of sp³-hybridized carbons (Fsp3) is 0.235. The average Bonchev–Trinajstić information content (AvgIpc) is 2.91. The van der Waals surface area contributed by atoms with E-state index in [0.717, 1.165) is 0 Å². The van der Waals surface area contributed by atoms with Gasteiger partial charge in [-0.25, -0.2) is 4.79 Å². The van der Waals surface area contributed by atoms with Gasteiger partial charge in [0.05, 0.1) is 0 Å². The van der Waals surface area contributed by atoms with Gasteiger partial charge in [0.25, 0.3) is 5.56 Å². The Balaban J connectivity index is 2.20. The largest absolute Gasteiger partial charge is 0.480 e. The minimum absolute atomic E-state index is 0.124. The molecule has 2 aromatic rings. The molecule has 1 aliphatic heterocycles. The Morgan fingerprint density at radius 2 is 2.00 bits per heavy atom. The molecule has 0 fully saturated rings. The zero-order valence-corrected chi connectivity index (χ0v) is 13.1. The molecule has 0 amide bonds. The van der Waals surface area contributed by atoms with Crippen molar-refractivity contribution in [2.45, 2.75) is 25.8 Å². The number of halogens is 1. The van der Waals surface area contributed by atoms with Crippen molar-refractivity contribution in [2.24, 2.45) is 0 Å². The summed E-state index contributed by atoms with van der Waals surface area (Å²) in [4.78, 5) is 35.4. The molecule has 0 spiro atoms. The number of benzene rings is 1. The van der Waals surface area contributed by atoms with Crippen LogP contribution in [0.5, 0.6) is 0 Å². The molecule has 2 heterocycles. The first-order valence-corrected chi connectivity index (χ1v) is 7.55. The van der Waals surface area contributed by atoms with Crippen LogP contribution in [0, 0.1) is 0 Å². The molecule has 118 valence electrons. The maximum absolute atomic E-state index is 12.4. The minimum atomic E-state index is -1.01. The van der Waals surface area contributed by atoms with Gasteiger partial charge in [-0.05, 0) is 55.2 Å². The van der Waals surface area contributed by atoms with Crippen molar-refractivity contribution < 1.29 is 14.7 Å². The van der Waals surface area contributed by atoms with Crippen molar-refractivity contribution in [2.75, 3.05) is 0 Å². The summed E-state index contributed by atoms with van der Waals surface area (Å²) in [7, 11) is 0. The van der Waals surface area contributed by atoms with E-state index >= 15 is 0 Å². The molecule has 1 N–H and O–H groups in total. The summed E-state index contributed by atoms with van der Waals surface area (Å²) in [6.07, 6.45) is 0.902. The quantitative estimate of drug-likeness (QED) is 0.877. The van der Waals surface area contributed by atoms with Crippen LogP contribution in [-0.2, 0) is 11.2 Å². The van der Waals surface area contributed by atoms with Crippen LogP contribution in [0.15, 0.2) is 35.1 Å². The fourth-order valence-corrected chi connectivity index (χ4v) is 3.22. The summed E-state index contributed by atoms with van der Waals surface area (Å²) in [5.41, 5.74) is 1.93. The molecular formula is C17H14ClNO4. The van der Waals surface area contributed by atoms with Crippen LogP contribution in [0.2, 0.25) is 5.02 Å². The Hall–Kier alpha value is -2.40. The Morgan fingerprint density at radius 3 is 2.65 bits per heavy atom. The van der Waals surface area contributed by atoms with E-state index in [1.165, 1.54) is 17.6 Å². The molecule has 3 rings (SSSR count). The number of nitrogens with zero attached hydrogens (tertiary/aromatic N) is 1. The van der Waals surface area contributed by atoms with Crippen LogP contribution < -0.4 is 5.56 Å². The highest BCUT2D eigenvalue weighted by atomic mass is 35.5. The predicted molar refractivity (Wildman–Crippen MR) is 86.1 cm³/mol. The normalized spacial score (nSPS) is 16.2. The first kappa shape index (κ1) is 15.5. The van der Waals surface area contributed by atoms with Crippen molar-refractivity contribution in [1.82, 2.24) is 4.57 Å². The second-order valence-corrected chi connectivity index (χ2v) is 6.02. The number of aryl methyl sites for hydroxylation is 1. The third-order valence-electron chi connectivity index (χ3n) is 4.09. The first-order valence-electron chi connectivity index (χ1n) is 7.17. The van der Waals surface area contributed by atoms with Gasteiger partial charge < -0.3 is 5.11 Å². The lowest BCUT2D eigenvalue weighted by Crippen LogP contribution is -2.27. The van der Waals surface area contributed by atoms with Gasteiger partial charge in [0.15, 0.2) is 5.78 Å². The number of carbonyl (C=O) groups is 2. The van der Waals surface area contributed by atoms with Gasteiger partial charge in [-0.15, -0.1) is 0 Å². The van der Waals surface area contributed by atoms with Crippen LogP contribution in [0.3, 0.4) is 0 Å². The number of rotatable bonds is 3. The number of hydrogen-bond donors (Lipinski definition) is 1. The Morgan fingerprint density at radius 1 is 1.26 bits per heavy atom. The number of carbonyl (C=O) groups excluding carboxylic acids is 1. The summed E-state index contributed by atoms with van der Waals surface area (Å²) in [6.45, 7) is 1.45. The number of aromatic nitrogens is 1. The summed E-state index contributed by atoms with van der Waals surface area (Å²) >= 11 is 6.02. The second kappa shape index (κ2) is 5.66. The fourth-order valence-electron chi connectivity index (χ4n) is 3.05. The lowest BCUT2D eigenvalue weighted by molar-refractivity contribution is -0.140. The molecule has 23 heavy (non-hydrogen) atoms. The molecule has 6 heteroatoms. The Kier molecular flexibility index (Phi) is 3.82. The van der Waals surface area contributed by atoms with Crippen LogP contribution in [0.1, 0.15) is 35.4 Å². The van der Waals surface area contributed by atoms with Crippen LogP contribution in [-0.4, -0.2) is 21.4 Å². The second-order valence-electron chi connectivity index (χ2n) is 5.58. The third kappa shape index (κ3) is 2.68. The van der Waals surface area contributed by atoms with Crippen molar-refractivity contribution in [3.63, 3.8) is 0 Å². The Bertz CT molecular complexity index is 885. The van der Waals surface area contributed by atoms with Crippen molar-refractivity contribution in [3.8, 4) is 11.1 Å². The van der Waals surface area contributed by atoms with E-state index in [1.807, 2.05) is 0 Å². The molecule has 0 saturated heterocycles. The van der Waals surface area contributed by atoms with Gasteiger partial charge in [0, 0.05) is 22.3 Å². The van der Waals surface area contributed by atoms with Gasteiger partial charge in [-0.1, -0.05) is 11.6 Å². The number of aliphatic carboxylic acids is 1. The third-order valence-corrected chi connectivity index (χ3v) is 4.33. The van der Waals surface area contributed by atoms with Gasteiger partial charge in [-0.3, -0.25) is 14.2 Å². The van der Waals surface area contributed by atoms with E-state index in [0.29, 0.717) is 40.2 Å². The Labute approximate surface area is 137 Å². The van der Waals surface area contributed by atoms with Crippen LogP contribution in [0.25, 0.3) is 11.1 Å². The molecule has 0 bridgehead atoms. The number of Topliss-reactive ketones (excluding diaryl/α,β-unsaturated/α-hetero) is 1. The van der Waals surface area contributed by atoms with Crippen molar-refractivity contribution in [3.05, 3.63) is 57.0 Å². The number of fused-ring (bicyclic) bond motifs is 1. The molecule has 0 saturated carbocycles. The summed E-state index contributed by atoms with van der Waals surface area (Å²) in [6, 6.07) is 7.21. The van der Waals surface area contributed by atoms with Crippen LogP contribution in [0.4, 0.5) is 0 Å². The molecule has 1 aromatic carbocycles. The van der Waals surface area contributed by atoms with E-state index in [-0.39, 0.29) is 11.3 Å². The zero-order chi connectivity index (χ0) is 16.7. The molecule has 1 atom stereocenters. The van der Waals surface area contributed by atoms with Gasteiger partial charge >= 0.3 is 5.97 Å². The summed E-state index contributed by atoms with van der Waals surface area (Å²) in [5, 5.41) is 9.67. The number of carboxylic acids is 1. The number of hydrogen-bond acceptors (Lipinski definition) is 3. The highest BCUT2D eigenvalue weighted by Gasteiger charge is 2.29. The lowest BCUT2D eigenvalue weighted by Gasteiger charge is -2.13. The van der Waals surface area contributed by atoms with E-state index in [1.54, 1.807) is 24.3 Å². The van der Waals surface area contributed by atoms with E-state index in [9.17, 15) is 19.5 Å². The number of pyridine rings is 1. The molecular weight excluding hydrogens is 318 g/mol. The first-order chi connectivity index (χ1) is 10.9. The zero-order valence-electron chi connectivity index (χ0n) is 12.4. The van der Waals surface area contributed by atoms with E-state index < -0.39 is 12.0 Å². The summed E-state index contributed by atoms with van der Waals surface area (Å²) in [5.74, 6) is -1.13. The van der Waals surface area contributed by atoms with Gasteiger partial charge in [0.1, 0.15) is 6.04 Å². The van der Waals surface area contributed by atoms with Crippen molar-refractivity contribution in [1.29, 1.82) is 0 Å². The number of ketones is 1. The molecule has 5 nitrogen and oxygen atoms in total. The van der Waals surface area contributed by atoms with E-state index in [2.05, 4.69) is 0 Å². The average molecular weight is 332 g/mol. The highest BCUT2D eigenvalue weighted by molar-refractivity contribution is 6.31. The molecule has 0 aliphatic carbocycles.